The van der Waals surface area contributed by atoms with E-state index in [2.05, 4.69) is 5.87 Å². The van der Waals surface area contributed by atoms with Gasteiger partial charge in [0.05, 0.1) is 0 Å². The lowest BCUT2D eigenvalue weighted by molar-refractivity contribution is 0.101. The van der Waals surface area contributed by atoms with Gasteiger partial charge in [0.2, 0.25) is 0 Å². The summed E-state index contributed by atoms with van der Waals surface area (Å²) in [5, 5.41) is 6.71. The summed E-state index contributed by atoms with van der Waals surface area (Å²) in [6.07, 6.45) is 1.55. The Morgan fingerprint density at radius 1 is 1.42 bits per heavy atom. The molecule has 0 saturated heterocycles. The zero-order valence-corrected chi connectivity index (χ0v) is 6.79. The molecule has 0 aromatic heterocycles. The van der Waals surface area contributed by atoms with Crippen LogP contribution >= 0.6 is 0 Å². The summed E-state index contributed by atoms with van der Waals surface area (Å²) in [5.41, 5.74) is 1.58. The van der Waals surface area contributed by atoms with Gasteiger partial charge in [0, 0.05) is 11.6 Å². The van der Waals surface area contributed by atoms with E-state index in [0.29, 0.717) is 5.56 Å². The van der Waals surface area contributed by atoms with Gasteiger partial charge in [-0.1, -0.05) is 24.3 Å². The second kappa shape index (κ2) is 3.65. The Balaban J connectivity index is 3.00. The molecule has 0 fully saturated rings. The van der Waals surface area contributed by atoms with Crippen molar-refractivity contribution in [2.45, 2.75) is 6.92 Å². The third kappa shape index (κ3) is 1.91. The molecule has 0 unspecified atom stereocenters. The Kier molecular flexibility index (Phi) is 2.57. The van der Waals surface area contributed by atoms with E-state index in [1.54, 1.807) is 30.3 Å². The Morgan fingerprint density at radius 2 is 2.00 bits per heavy atom. The van der Waals surface area contributed by atoms with Crippen molar-refractivity contribution in [1.29, 1.82) is 5.41 Å². The van der Waals surface area contributed by atoms with Crippen LogP contribution in [0.4, 0.5) is 0 Å². The Labute approximate surface area is 71.0 Å². The molecule has 2 nitrogen and oxygen atoms in total. The van der Waals surface area contributed by atoms with Gasteiger partial charge in [-0.25, -0.2) is 0 Å². The maximum atomic E-state index is 10.9. The summed E-state index contributed by atoms with van der Waals surface area (Å²) in [7, 11) is 0. The largest absolute Gasteiger partial charge is 0.295 e. The van der Waals surface area contributed by atoms with Crippen molar-refractivity contribution in [2.75, 3.05) is 0 Å². The van der Waals surface area contributed by atoms with E-state index >= 15 is 0 Å². The van der Waals surface area contributed by atoms with Gasteiger partial charge in [-0.15, -0.1) is 0 Å². The Hall–Kier alpha value is -1.66. The number of hydrogen-bond acceptors (Lipinski definition) is 2. The summed E-state index contributed by atoms with van der Waals surface area (Å²) in [4.78, 5) is 10.9. The van der Waals surface area contributed by atoms with Crippen LogP contribution in [0.15, 0.2) is 24.3 Å². The normalized spacial score (nSPS) is 8.75. The van der Waals surface area contributed by atoms with Gasteiger partial charge >= 0.3 is 0 Å². The van der Waals surface area contributed by atoms with Crippen LogP contribution in [-0.4, -0.2) is 11.7 Å². The number of carbonyl (C=O) groups is 1. The lowest BCUT2D eigenvalue weighted by Crippen LogP contribution is -1.90. The topological polar surface area (TPSA) is 40.9 Å². The van der Waals surface area contributed by atoms with E-state index in [1.807, 2.05) is 0 Å². The summed E-state index contributed by atoms with van der Waals surface area (Å²) in [5.74, 6) is 2.23. The minimum Gasteiger partial charge on any atom is -0.295 e. The van der Waals surface area contributed by atoms with Crippen LogP contribution in [0, 0.1) is 5.41 Å². The zero-order chi connectivity index (χ0) is 8.97. The van der Waals surface area contributed by atoms with Crippen LogP contribution in [0.5, 0.6) is 0 Å². The minimum atomic E-state index is 0.0559. The summed E-state index contributed by atoms with van der Waals surface area (Å²) in [6, 6.07) is 7.06. The first-order valence-electron chi connectivity index (χ1n) is 3.60. The average Bonchev–Trinajstić information content (AvgIpc) is 2.06. The second-order valence-corrected chi connectivity index (χ2v) is 2.47. The van der Waals surface area contributed by atoms with E-state index in [-0.39, 0.29) is 5.78 Å². The zero-order valence-electron chi connectivity index (χ0n) is 6.79. The molecule has 2 heteroatoms. The molecule has 0 bridgehead atoms. The Morgan fingerprint density at radius 3 is 2.42 bits per heavy atom. The second-order valence-electron chi connectivity index (χ2n) is 2.47. The van der Waals surface area contributed by atoms with Crippen molar-refractivity contribution in [3.05, 3.63) is 35.4 Å². The van der Waals surface area contributed by atoms with Crippen molar-refractivity contribution < 1.29 is 4.79 Å². The van der Waals surface area contributed by atoms with Gasteiger partial charge in [0.1, 0.15) is 0 Å². The molecule has 0 aliphatic heterocycles. The van der Waals surface area contributed by atoms with E-state index in [1.165, 1.54) is 6.92 Å². The number of carbonyl (C=O) groups excluding carboxylic acids is 1. The quantitative estimate of drug-likeness (QED) is 0.521. The Bertz CT molecular complexity index is 310. The van der Waals surface area contributed by atoms with Gasteiger partial charge in [0.15, 0.2) is 5.78 Å². The van der Waals surface area contributed by atoms with E-state index < -0.39 is 0 Å². The molecule has 60 valence electrons. The van der Waals surface area contributed by atoms with Gasteiger partial charge < -0.3 is 0 Å². The fourth-order valence-corrected chi connectivity index (χ4v) is 0.897. The van der Waals surface area contributed by atoms with Crippen LogP contribution in [0.2, 0.25) is 0 Å². The SMILES string of the molecule is CC(=O)c1ccc(C=C=N)cc1. The smallest absolute Gasteiger partial charge is 0.159 e. The van der Waals surface area contributed by atoms with Crippen LogP contribution in [0.3, 0.4) is 0 Å². The molecule has 12 heavy (non-hydrogen) atoms. The number of ketones is 1. The number of benzene rings is 1. The highest BCUT2D eigenvalue weighted by atomic mass is 16.1. The van der Waals surface area contributed by atoms with Gasteiger partial charge in [-0.3, -0.25) is 10.2 Å². The van der Waals surface area contributed by atoms with Crippen molar-refractivity contribution in [1.82, 2.24) is 0 Å². The van der Waals surface area contributed by atoms with Crippen molar-refractivity contribution in [3.8, 4) is 0 Å². The molecule has 0 amide bonds. The highest BCUT2D eigenvalue weighted by Crippen LogP contribution is 2.05. The molecule has 0 spiro atoms. The number of rotatable bonds is 2. The van der Waals surface area contributed by atoms with Gasteiger partial charge in [-0.05, 0) is 18.4 Å². The summed E-state index contributed by atoms with van der Waals surface area (Å²) >= 11 is 0. The molecular formula is C10H9NO. The molecule has 0 aliphatic rings. The van der Waals surface area contributed by atoms with E-state index in [0.717, 1.165) is 5.56 Å². The number of hydrogen-bond donors (Lipinski definition) is 1. The monoisotopic (exact) mass is 159 g/mol. The third-order valence-corrected chi connectivity index (χ3v) is 1.56. The van der Waals surface area contributed by atoms with Crippen LogP contribution in [0.1, 0.15) is 22.8 Å². The first-order chi connectivity index (χ1) is 5.74. The van der Waals surface area contributed by atoms with Crippen molar-refractivity contribution >= 4 is 17.7 Å². The first kappa shape index (κ1) is 8.44. The molecular weight excluding hydrogens is 150 g/mol. The molecule has 1 N–H and O–H groups in total. The van der Waals surface area contributed by atoms with E-state index in [9.17, 15) is 4.79 Å². The van der Waals surface area contributed by atoms with Crippen molar-refractivity contribution in [3.63, 3.8) is 0 Å². The number of Topliss-reactive ketones (excluding diaryl/α,β-unsaturated/α-hetero) is 1. The predicted molar refractivity (Wildman–Crippen MR) is 48.6 cm³/mol. The fraction of sp³-hybridized carbons (Fsp3) is 0.100. The molecule has 1 aromatic carbocycles. The predicted octanol–water partition coefficient (Wildman–Crippen LogP) is 2.15. The maximum absolute atomic E-state index is 10.9. The maximum Gasteiger partial charge on any atom is 0.159 e. The highest BCUT2D eigenvalue weighted by Gasteiger charge is 1.96. The van der Waals surface area contributed by atoms with Crippen LogP contribution in [0.25, 0.3) is 6.08 Å². The summed E-state index contributed by atoms with van der Waals surface area (Å²) in [6.45, 7) is 1.53. The van der Waals surface area contributed by atoms with Gasteiger partial charge in [-0.2, -0.15) is 0 Å². The minimum absolute atomic E-state index is 0.0559. The highest BCUT2D eigenvalue weighted by molar-refractivity contribution is 5.94. The lowest BCUT2D eigenvalue weighted by atomic mass is 10.1. The molecule has 0 atom stereocenters. The average molecular weight is 159 g/mol. The van der Waals surface area contributed by atoms with Crippen LogP contribution in [-0.2, 0) is 0 Å². The molecule has 0 radical (unpaired) electrons. The molecule has 1 rings (SSSR count). The first-order valence-corrected chi connectivity index (χ1v) is 3.60. The fourth-order valence-electron chi connectivity index (χ4n) is 0.897. The number of nitrogens with one attached hydrogen (secondary N) is 1. The third-order valence-electron chi connectivity index (χ3n) is 1.56. The van der Waals surface area contributed by atoms with Gasteiger partial charge in [0.25, 0.3) is 0 Å². The van der Waals surface area contributed by atoms with E-state index in [4.69, 9.17) is 5.41 Å². The molecule has 0 heterocycles. The summed E-state index contributed by atoms with van der Waals surface area (Å²) < 4.78 is 0. The standard InChI is InChI=1S/C10H9NO/c1-8(12)10-4-2-9(3-5-10)6-7-11/h2-6,11H,1H3. The van der Waals surface area contributed by atoms with Crippen LogP contribution < -0.4 is 0 Å². The lowest BCUT2D eigenvalue weighted by Gasteiger charge is -1.94. The molecule has 1 aromatic rings. The molecule has 0 saturated carbocycles. The van der Waals surface area contributed by atoms with Crippen molar-refractivity contribution in [2.24, 2.45) is 0 Å². The molecule has 0 aliphatic carbocycles.